The molecule has 0 amide bonds. The van der Waals surface area contributed by atoms with E-state index in [0.29, 0.717) is 0 Å². The molecular formula is C19H30N2O. The Balaban J connectivity index is 2.17. The summed E-state index contributed by atoms with van der Waals surface area (Å²) in [6, 6.07) is 6.61. The first-order valence-electron chi connectivity index (χ1n) is 8.46. The van der Waals surface area contributed by atoms with Crippen LogP contribution in [-0.2, 0) is 6.54 Å². The van der Waals surface area contributed by atoms with Crippen LogP contribution in [0.2, 0.25) is 0 Å². The van der Waals surface area contributed by atoms with Crippen molar-refractivity contribution in [3.63, 3.8) is 0 Å². The molecule has 0 saturated carbocycles. The zero-order chi connectivity index (χ0) is 15.9. The van der Waals surface area contributed by atoms with Crippen molar-refractivity contribution in [2.24, 2.45) is 5.92 Å². The Morgan fingerprint density at radius 3 is 2.95 bits per heavy atom. The van der Waals surface area contributed by atoms with Crippen LogP contribution in [0.3, 0.4) is 0 Å². The van der Waals surface area contributed by atoms with Gasteiger partial charge in [0.1, 0.15) is 5.75 Å². The molecule has 0 aromatic heterocycles. The molecule has 1 saturated heterocycles. The summed E-state index contributed by atoms with van der Waals surface area (Å²) in [6.45, 7) is 14.2. The van der Waals surface area contributed by atoms with Gasteiger partial charge in [0.2, 0.25) is 0 Å². The molecule has 1 atom stereocenters. The maximum absolute atomic E-state index is 6.09. The topological polar surface area (TPSA) is 24.5 Å². The summed E-state index contributed by atoms with van der Waals surface area (Å²) in [5.74, 6) is 1.77. The second-order valence-electron chi connectivity index (χ2n) is 6.58. The number of rotatable bonds is 7. The highest BCUT2D eigenvalue weighted by Gasteiger charge is 2.20. The quantitative estimate of drug-likeness (QED) is 0.609. The van der Waals surface area contributed by atoms with Crippen molar-refractivity contribution in [2.45, 2.75) is 46.3 Å². The lowest BCUT2D eigenvalue weighted by atomic mass is 9.99. The number of anilines is 1. The Bertz CT molecular complexity index is 484. The third-order valence-electron chi connectivity index (χ3n) is 4.00. The molecule has 0 aliphatic carbocycles. The number of hydrogen-bond acceptors (Lipinski definition) is 3. The number of hydrogen-bond donors (Lipinski definition) is 1. The van der Waals surface area contributed by atoms with Gasteiger partial charge in [0.15, 0.2) is 0 Å². The molecule has 1 unspecified atom stereocenters. The molecule has 3 nitrogen and oxygen atoms in total. The highest BCUT2D eigenvalue weighted by molar-refractivity contribution is 5.60. The van der Waals surface area contributed by atoms with Crippen molar-refractivity contribution in [3.05, 3.63) is 36.4 Å². The third kappa shape index (κ3) is 4.77. The standard InChI is InChI=1S/C19H30N2O/c1-5-10-20-13-17-8-9-18(19(12-17)22-15(2)3)21-11-6-7-16(4)14-21/h5,8-9,12,15-16,20H,1,6-7,10-11,13-14H2,2-4H3. The summed E-state index contributed by atoms with van der Waals surface area (Å²) in [4.78, 5) is 2.48. The normalized spacial score (nSPS) is 18.5. The van der Waals surface area contributed by atoms with E-state index in [2.05, 4.69) is 55.8 Å². The first-order valence-corrected chi connectivity index (χ1v) is 8.46. The zero-order valence-electron chi connectivity index (χ0n) is 14.3. The minimum absolute atomic E-state index is 0.192. The van der Waals surface area contributed by atoms with E-state index < -0.39 is 0 Å². The maximum atomic E-state index is 6.09. The lowest BCUT2D eigenvalue weighted by molar-refractivity contribution is 0.242. The highest BCUT2D eigenvalue weighted by Crippen LogP contribution is 2.33. The molecule has 2 rings (SSSR count). The minimum atomic E-state index is 0.192. The fourth-order valence-corrected chi connectivity index (χ4v) is 3.00. The molecule has 0 spiro atoms. The molecule has 1 N–H and O–H groups in total. The van der Waals surface area contributed by atoms with E-state index in [0.717, 1.165) is 37.8 Å². The van der Waals surface area contributed by atoms with E-state index >= 15 is 0 Å². The van der Waals surface area contributed by atoms with Crippen molar-refractivity contribution < 1.29 is 4.74 Å². The van der Waals surface area contributed by atoms with E-state index in [4.69, 9.17) is 4.74 Å². The van der Waals surface area contributed by atoms with Gasteiger partial charge in [-0.05, 0) is 50.3 Å². The predicted octanol–water partition coefficient (Wildman–Crippen LogP) is 3.99. The second kappa shape index (κ2) is 8.23. The molecule has 122 valence electrons. The maximum Gasteiger partial charge on any atom is 0.143 e. The zero-order valence-corrected chi connectivity index (χ0v) is 14.3. The van der Waals surface area contributed by atoms with Gasteiger partial charge in [-0.25, -0.2) is 0 Å². The molecule has 1 aliphatic heterocycles. The van der Waals surface area contributed by atoms with Crippen LogP contribution in [0.5, 0.6) is 5.75 Å². The summed E-state index contributed by atoms with van der Waals surface area (Å²) >= 11 is 0. The van der Waals surface area contributed by atoms with E-state index in [9.17, 15) is 0 Å². The molecule has 1 fully saturated rings. The number of nitrogens with zero attached hydrogens (tertiary/aromatic N) is 1. The predicted molar refractivity (Wildman–Crippen MR) is 94.7 cm³/mol. The largest absolute Gasteiger partial charge is 0.489 e. The van der Waals surface area contributed by atoms with Crippen molar-refractivity contribution in [1.82, 2.24) is 5.32 Å². The van der Waals surface area contributed by atoms with Crippen molar-refractivity contribution in [1.29, 1.82) is 0 Å². The molecule has 1 aromatic carbocycles. The van der Waals surface area contributed by atoms with Gasteiger partial charge in [0, 0.05) is 26.2 Å². The number of benzene rings is 1. The summed E-state index contributed by atoms with van der Waals surface area (Å²) in [6.07, 6.45) is 4.68. The number of piperidine rings is 1. The van der Waals surface area contributed by atoms with Crippen LogP contribution in [-0.4, -0.2) is 25.7 Å². The average Bonchev–Trinajstić information content (AvgIpc) is 2.47. The van der Waals surface area contributed by atoms with Crippen LogP contribution < -0.4 is 15.0 Å². The van der Waals surface area contributed by atoms with Crippen LogP contribution in [0.25, 0.3) is 0 Å². The summed E-state index contributed by atoms with van der Waals surface area (Å²) in [7, 11) is 0. The van der Waals surface area contributed by atoms with Crippen molar-refractivity contribution >= 4 is 5.69 Å². The molecular weight excluding hydrogens is 272 g/mol. The summed E-state index contributed by atoms with van der Waals surface area (Å²) < 4.78 is 6.09. The van der Waals surface area contributed by atoms with Crippen LogP contribution in [0, 0.1) is 5.92 Å². The van der Waals surface area contributed by atoms with Gasteiger partial charge >= 0.3 is 0 Å². The first-order chi connectivity index (χ1) is 10.6. The molecule has 1 aliphatic rings. The van der Waals surface area contributed by atoms with Gasteiger partial charge in [0.25, 0.3) is 0 Å². The van der Waals surface area contributed by atoms with Crippen molar-refractivity contribution in [2.75, 3.05) is 24.5 Å². The lowest BCUT2D eigenvalue weighted by Gasteiger charge is -2.34. The molecule has 0 radical (unpaired) electrons. The highest BCUT2D eigenvalue weighted by atomic mass is 16.5. The van der Waals surface area contributed by atoms with Gasteiger partial charge in [-0.15, -0.1) is 6.58 Å². The van der Waals surface area contributed by atoms with E-state index in [1.807, 2.05) is 6.08 Å². The second-order valence-corrected chi connectivity index (χ2v) is 6.58. The SMILES string of the molecule is C=CCNCc1ccc(N2CCCC(C)C2)c(OC(C)C)c1. The Kier molecular flexibility index (Phi) is 6.32. The van der Waals surface area contributed by atoms with Gasteiger partial charge in [-0.2, -0.15) is 0 Å². The molecule has 3 heteroatoms. The lowest BCUT2D eigenvalue weighted by Crippen LogP contribution is -2.34. The molecule has 1 aromatic rings. The Labute approximate surface area is 135 Å². The Morgan fingerprint density at radius 2 is 2.27 bits per heavy atom. The number of ether oxygens (including phenoxy) is 1. The fourth-order valence-electron chi connectivity index (χ4n) is 3.00. The monoisotopic (exact) mass is 302 g/mol. The van der Waals surface area contributed by atoms with E-state index in [-0.39, 0.29) is 6.10 Å². The minimum Gasteiger partial charge on any atom is -0.489 e. The van der Waals surface area contributed by atoms with Crippen LogP contribution in [0.1, 0.15) is 39.2 Å². The van der Waals surface area contributed by atoms with Crippen LogP contribution >= 0.6 is 0 Å². The summed E-state index contributed by atoms with van der Waals surface area (Å²) in [5, 5.41) is 3.35. The van der Waals surface area contributed by atoms with Gasteiger partial charge in [-0.1, -0.05) is 19.1 Å². The van der Waals surface area contributed by atoms with E-state index in [1.54, 1.807) is 0 Å². The first kappa shape index (κ1) is 16.9. The van der Waals surface area contributed by atoms with Gasteiger partial charge in [-0.3, -0.25) is 0 Å². The van der Waals surface area contributed by atoms with Crippen LogP contribution in [0.4, 0.5) is 5.69 Å². The Morgan fingerprint density at radius 1 is 1.45 bits per heavy atom. The average molecular weight is 302 g/mol. The third-order valence-corrected chi connectivity index (χ3v) is 4.00. The van der Waals surface area contributed by atoms with Gasteiger partial charge in [0.05, 0.1) is 11.8 Å². The van der Waals surface area contributed by atoms with Crippen LogP contribution in [0.15, 0.2) is 30.9 Å². The Hall–Kier alpha value is -1.48. The summed E-state index contributed by atoms with van der Waals surface area (Å²) in [5.41, 5.74) is 2.50. The van der Waals surface area contributed by atoms with Crippen molar-refractivity contribution in [3.8, 4) is 5.75 Å². The molecule has 0 bridgehead atoms. The molecule has 1 heterocycles. The number of nitrogens with one attached hydrogen (secondary N) is 1. The van der Waals surface area contributed by atoms with E-state index in [1.165, 1.54) is 24.1 Å². The molecule has 22 heavy (non-hydrogen) atoms. The fraction of sp³-hybridized carbons (Fsp3) is 0.579. The van der Waals surface area contributed by atoms with Gasteiger partial charge < -0.3 is 15.0 Å². The smallest absolute Gasteiger partial charge is 0.143 e.